The molecule has 0 radical (unpaired) electrons. The third-order valence-corrected chi connectivity index (χ3v) is 6.52. The summed E-state index contributed by atoms with van der Waals surface area (Å²) in [7, 11) is 0. The van der Waals surface area contributed by atoms with Crippen LogP contribution in [0.3, 0.4) is 0 Å². The number of halogens is 4. The van der Waals surface area contributed by atoms with E-state index in [-0.39, 0.29) is 12.7 Å². The lowest BCUT2D eigenvalue weighted by atomic mass is 9.87. The lowest BCUT2D eigenvalue weighted by Gasteiger charge is -2.41. The normalized spacial score (nSPS) is 18.9. The number of fused-ring (bicyclic) bond motifs is 3. The predicted octanol–water partition coefficient (Wildman–Crippen LogP) is 5.70. The molecule has 0 unspecified atom stereocenters. The number of nitrogens with zero attached hydrogens (tertiary/aromatic N) is 1. The molecule has 0 bridgehead atoms. The first-order valence-corrected chi connectivity index (χ1v) is 11.7. The van der Waals surface area contributed by atoms with E-state index in [1.807, 2.05) is 56.3 Å². The highest BCUT2D eigenvalue weighted by Gasteiger charge is 2.42. The van der Waals surface area contributed by atoms with Crippen LogP contribution in [0, 0.1) is 6.92 Å². The Morgan fingerprint density at radius 3 is 2.68 bits per heavy atom. The van der Waals surface area contributed by atoms with Crippen LogP contribution in [0.2, 0.25) is 0 Å². The maximum absolute atomic E-state index is 13.6. The minimum atomic E-state index is -4.32. The van der Waals surface area contributed by atoms with E-state index in [0.717, 1.165) is 33.3 Å². The number of rotatable bonds is 9. The zero-order valence-corrected chi connectivity index (χ0v) is 19.5. The second kappa shape index (κ2) is 10.4. The van der Waals surface area contributed by atoms with Gasteiger partial charge in [-0.2, -0.15) is 13.2 Å². The van der Waals surface area contributed by atoms with Gasteiger partial charge in [0.25, 0.3) is 0 Å². The highest BCUT2D eigenvalue weighted by atomic mass is 19.4. The molecule has 0 spiro atoms. The summed E-state index contributed by atoms with van der Waals surface area (Å²) in [5.74, 6) is 0.646. The molecular formula is C26H31F4N3O. The van der Waals surface area contributed by atoms with Crippen LogP contribution >= 0.6 is 0 Å². The van der Waals surface area contributed by atoms with Crippen LogP contribution in [0.5, 0.6) is 5.75 Å². The second-order valence-electron chi connectivity index (χ2n) is 8.92. The number of aromatic nitrogens is 1. The standard InChI is InChI=1S/C26H31F4N3O/c1-17-15-21-20-7-3-4-9-22(20)32-24(21)25(33(17)16-26(28,29)30)19-8-5-10-23(18(19)2)34-14-13-31-12-6-11-27/h3-5,7-10,17,25,31-32H,6,11-16H2,1-2H3/t17-,25-/m1/s1. The fourth-order valence-corrected chi connectivity index (χ4v) is 4.93. The maximum Gasteiger partial charge on any atom is 0.401 e. The van der Waals surface area contributed by atoms with Crippen LogP contribution in [0.25, 0.3) is 10.9 Å². The summed E-state index contributed by atoms with van der Waals surface area (Å²) in [6, 6.07) is 12.6. The number of hydrogen-bond acceptors (Lipinski definition) is 3. The van der Waals surface area contributed by atoms with Crippen molar-refractivity contribution in [3.05, 3.63) is 64.8 Å². The molecule has 4 nitrogen and oxygen atoms in total. The van der Waals surface area contributed by atoms with Crippen molar-refractivity contribution in [2.45, 2.75) is 44.9 Å². The van der Waals surface area contributed by atoms with Gasteiger partial charge < -0.3 is 15.0 Å². The Hall–Kier alpha value is -2.58. The molecule has 1 aromatic heterocycles. The third-order valence-electron chi connectivity index (χ3n) is 6.52. The van der Waals surface area contributed by atoms with Gasteiger partial charge >= 0.3 is 6.18 Å². The fourth-order valence-electron chi connectivity index (χ4n) is 4.93. The summed E-state index contributed by atoms with van der Waals surface area (Å²) in [4.78, 5) is 4.97. The minimum Gasteiger partial charge on any atom is -0.492 e. The topological polar surface area (TPSA) is 40.3 Å². The van der Waals surface area contributed by atoms with Crippen LogP contribution in [0.4, 0.5) is 17.6 Å². The maximum atomic E-state index is 13.6. The van der Waals surface area contributed by atoms with Gasteiger partial charge in [0, 0.05) is 29.2 Å². The summed E-state index contributed by atoms with van der Waals surface area (Å²) in [5.41, 5.74) is 4.45. The summed E-state index contributed by atoms with van der Waals surface area (Å²) >= 11 is 0. The van der Waals surface area contributed by atoms with E-state index in [4.69, 9.17) is 4.74 Å². The Morgan fingerprint density at radius 2 is 1.91 bits per heavy atom. The van der Waals surface area contributed by atoms with Crippen molar-refractivity contribution in [2.24, 2.45) is 0 Å². The molecule has 4 rings (SSSR count). The highest BCUT2D eigenvalue weighted by Crippen LogP contribution is 2.43. The molecule has 3 aromatic rings. The SMILES string of the molecule is Cc1c(OCCNCCCF)cccc1[C@@H]1c2[nH]c3ccccc3c2C[C@@H](C)N1CC(F)(F)F. The van der Waals surface area contributed by atoms with Gasteiger partial charge in [-0.3, -0.25) is 9.29 Å². The first-order valence-electron chi connectivity index (χ1n) is 11.7. The third kappa shape index (κ3) is 5.23. The molecule has 0 aliphatic carbocycles. The van der Waals surface area contributed by atoms with Gasteiger partial charge in [-0.1, -0.05) is 30.3 Å². The molecule has 34 heavy (non-hydrogen) atoms. The van der Waals surface area contributed by atoms with E-state index in [1.165, 1.54) is 0 Å². The lowest BCUT2D eigenvalue weighted by Crippen LogP contribution is -2.47. The molecule has 0 saturated heterocycles. The Bertz CT molecular complexity index is 1110. The van der Waals surface area contributed by atoms with Crippen LogP contribution < -0.4 is 10.1 Å². The molecule has 0 saturated carbocycles. The molecule has 2 N–H and O–H groups in total. The van der Waals surface area contributed by atoms with Crippen molar-refractivity contribution in [3.63, 3.8) is 0 Å². The van der Waals surface area contributed by atoms with E-state index in [0.29, 0.717) is 38.3 Å². The molecule has 184 valence electrons. The number of aromatic amines is 1. The number of benzene rings is 2. The quantitative estimate of drug-likeness (QED) is 0.307. The summed E-state index contributed by atoms with van der Waals surface area (Å²) in [6.45, 7) is 3.94. The molecule has 8 heteroatoms. The van der Waals surface area contributed by atoms with E-state index >= 15 is 0 Å². The molecule has 2 atom stereocenters. The summed E-state index contributed by atoms with van der Waals surface area (Å²) in [5, 5.41) is 4.18. The molecule has 2 aromatic carbocycles. The van der Waals surface area contributed by atoms with Gasteiger partial charge in [-0.25, -0.2) is 0 Å². The van der Waals surface area contributed by atoms with Crippen LogP contribution in [-0.2, 0) is 6.42 Å². The van der Waals surface area contributed by atoms with Crippen molar-refractivity contribution in [2.75, 3.05) is 32.9 Å². The Morgan fingerprint density at radius 1 is 1.12 bits per heavy atom. The molecule has 2 heterocycles. The average Bonchev–Trinajstić information content (AvgIpc) is 3.15. The van der Waals surface area contributed by atoms with Gasteiger partial charge in [-0.05, 0) is 62.1 Å². The van der Waals surface area contributed by atoms with E-state index < -0.39 is 18.8 Å². The van der Waals surface area contributed by atoms with Crippen LogP contribution in [0.15, 0.2) is 42.5 Å². The van der Waals surface area contributed by atoms with Crippen molar-refractivity contribution >= 4 is 10.9 Å². The van der Waals surface area contributed by atoms with Gasteiger partial charge in [0.05, 0.1) is 19.3 Å². The predicted molar refractivity (Wildman–Crippen MR) is 126 cm³/mol. The Balaban J connectivity index is 1.70. The first-order chi connectivity index (χ1) is 16.3. The van der Waals surface area contributed by atoms with Crippen molar-refractivity contribution in [1.82, 2.24) is 15.2 Å². The average molecular weight is 478 g/mol. The van der Waals surface area contributed by atoms with Gasteiger partial charge in [0.2, 0.25) is 0 Å². The number of H-pyrrole nitrogens is 1. The zero-order chi connectivity index (χ0) is 24.3. The molecule has 1 aliphatic heterocycles. The zero-order valence-electron chi connectivity index (χ0n) is 19.5. The number of para-hydroxylation sites is 1. The van der Waals surface area contributed by atoms with E-state index in [9.17, 15) is 17.6 Å². The number of hydrogen-bond donors (Lipinski definition) is 2. The van der Waals surface area contributed by atoms with E-state index in [1.54, 1.807) is 4.90 Å². The smallest absolute Gasteiger partial charge is 0.401 e. The molecule has 0 amide bonds. The molecule has 0 fully saturated rings. The van der Waals surface area contributed by atoms with Gasteiger partial charge in [0.1, 0.15) is 12.4 Å². The van der Waals surface area contributed by atoms with Crippen LogP contribution in [-0.4, -0.2) is 55.0 Å². The Kier molecular flexibility index (Phi) is 7.48. The number of ether oxygens (including phenoxy) is 1. The van der Waals surface area contributed by atoms with Crippen molar-refractivity contribution < 1.29 is 22.3 Å². The minimum absolute atomic E-state index is 0.290. The number of alkyl halides is 4. The number of nitrogens with one attached hydrogen (secondary N) is 2. The Labute approximate surface area is 197 Å². The van der Waals surface area contributed by atoms with Gasteiger partial charge in [-0.15, -0.1) is 0 Å². The molecule has 1 aliphatic rings. The summed E-state index contributed by atoms with van der Waals surface area (Å²) < 4.78 is 59.1. The summed E-state index contributed by atoms with van der Waals surface area (Å²) in [6.07, 6.45) is -3.31. The first kappa shape index (κ1) is 24.5. The highest BCUT2D eigenvalue weighted by molar-refractivity contribution is 5.85. The monoisotopic (exact) mass is 477 g/mol. The van der Waals surface area contributed by atoms with E-state index in [2.05, 4.69) is 10.3 Å². The van der Waals surface area contributed by atoms with Crippen molar-refractivity contribution in [1.29, 1.82) is 0 Å². The lowest BCUT2D eigenvalue weighted by molar-refractivity contribution is -0.155. The van der Waals surface area contributed by atoms with Crippen molar-refractivity contribution in [3.8, 4) is 5.75 Å². The van der Waals surface area contributed by atoms with Crippen LogP contribution in [0.1, 0.15) is 41.8 Å². The largest absolute Gasteiger partial charge is 0.492 e. The molecular weight excluding hydrogens is 446 g/mol. The fraction of sp³-hybridized carbons (Fsp3) is 0.462. The second-order valence-corrected chi connectivity index (χ2v) is 8.92. The van der Waals surface area contributed by atoms with Gasteiger partial charge in [0.15, 0.2) is 0 Å².